The summed E-state index contributed by atoms with van der Waals surface area (Å²) >= 11 is 0. The Hall–Kier alpha value is -2.79. The maximum atomic E-state index is 12.1. The summed E-state index contributed by atoms with van der Waals surface area (Å²) in [6.07, 6.45) is 1.35. The Balaban J connectivity index is 2.23. The molecule has 2 N–H and O–H groups in total. The molecule has 0 saturated heterocycles. The predicted octanol–water partition coefficient (Wildman–Crippen LogP) is 0.699. The Morgan fingerprint density at radius 3 is 2.68 bits per heavy atom. The maximum absolute atomic E-state index is 12.1. The third-order valence-corrected chi connectivity index (χ3v) is 3.78. The first-order valence-electron chi connectivity index (χ1n) is 5.82. The summed E-state index contributed by atoms with van der Waals surface area (Å²) in [5, 5.41) is 10.9. The molecule has 0 amide bonds. The van der Waals surface area contributed by atoms with E-state index < -0.39 is 25.5 Å². The van der Waals surface area contributed by atoms with E-state index in [2.05, 4.69) is 15.4 Å². The van der Waals surface area contributed by atoms with E-state index in [1.807, 2.05) is 4.83 Å². The third-order valence-electron chi connectivity index (χ3n) is 2.49. The minimum Gasteiger partial charge on any atom is -0.481 e. The van der Waals surface area contributed by atoms with Crippen molar-refractivity contribution in [3.63, 3.8) is 0 Å². The van der Waals surface area contributed by atoms with Crippen LogP contribution < -0.4 is 15.0 Å². The zero-order valence-electron chi connectivity index (χ0n) is 11.3. The number of sulfonamides is 1. The molecule has 0 bridgehead atoms. The maximum Gasteiger partial charge on any atom is 0.289 e. The van der Waals surface area contributed by atoms with E-state index in [0.29, 0.717) is 0 Å². The Morgan fingerprint density at radius 2 is 2.00 bits per heavy atom. The smallest absolute Gasteiger partial charge is 0.289 e. The highest BCUT2D eigenvalue weighted by atomic mass is 32.2. The van der Waals surface area contributed by atoms with Crippen molar-refractivity contribution in [3.8, 4) is 5.88 Å². The van der Waals surface area contributed by atoms with Gasteiger partial charge in [-0.1, -0.05) is 12.1 Å². The second-order valence-corrected chi connectivity index (χ2v) is 5.53. The largest absolute Gasteiger partial charge is 0.481 e. The number of hydrogen-bond acceptors (Lipinski definition) is 8. The van der Waals surface area contributed by atoms with Crippen LogP contribution in [0.2, 0.25) is 0 Å². The number of aromatic nitrogens is 2. The van der Waals surface area contributed by atoms with Gasteiger partial charge in [0.1, 0.15) is 0 Å². The lowest BCUT2D eigenvalue weighted by atomic mass is 10.3. The van der Waals surface area contributed by atoms with E-state index in [4.69, 9.17) is 4.74 Å². The molecule has 11 heteroatoms. The number of nitrogens with zero attached hydrogens (tertiary/aromatic N) is 3. The van der Waals surface area contributed by atoms with E-state index in [-0.39, 0.29) is 11.8 Å². The van der Waals surface area contributed by atoms with Crippen LogP contribution in [0.3, 0.4) is 0 Å². The third kappa shape index (κ3) is 3.45. The summed E-state index contributed by atoms with van der Waals surface area (Å²) in [7, 11) is -2.78. The van der Waals surface area contributed by atoms with Crippen molar-refractivity contribution >= 4 is 21.7 Å². The number of hydrogen-bond donors (Lipinski definition) is 2. The minimum absolute atomic E-state index is 0.0680. The summed E-state index contributed by atoms with van der Waals surface area (Å²) in [5.74, 6) is 0.156. The molecule has 1 heterocycles. The fourth-order valence-corrected chi connectivity index (χ4v) is 2.53. The first kappa shape index (κ1) is 15.6. The molecule has 22 heavy (non-hydrogen) atoms. The predicted molar refractivity (Wildman–Crippen MR) is 75.6 cm³/mol. The van der Waals surface area contributed by atoms with Crippen LogP contribution in [-0.2, 0) is 10.0 Å². The highest BCUT2D eigenvalue weighted by Gasteiger charge is 2.25. The molecule has 2 aromatic rings. The van der Waals surface area contributed by atoms with Gasteiger partial charge in [-0.05, 0) is 6.07 Å². The van der Waals surface area contributed by atoms with E-state index in [1.165, 1.54) is 31.5 Å². The van der Waals surface area contributed by atoms with Gasteiger partial charge in [0.05, 0.1) is 12.0 Å². The number of ether oxygens (including phenoxy) is 1. The van der Waals surface area contributed by atoms with Gasteiger partial charge in [-0.3, -0.25) is 15.5 Å². The number of rotatable bonds is 6. The fourth-order valence-electron chi connectivity index (χ4n) is 1.52. The summed E-state index contributed by atoms with van der Waals surface area (Å²) in [4.78, 5) is 19.2. The van der Waals surface area contributed by atoms with E-state index >= 15 is 0 Å². The van der Waals surface area contributed by atoms with Gasteiger partial charge in [-0.2, -0.15) is 4.98 Å². The average molecular weight is 325 g/mol. The molecular weight excluding hydrogens is 314 g/mol. The second-order valence-electron chi connectivity index (χ2n) is 3.88. The number of nitrogens with one attached hydrogen (secondary N) is 2. The molecule has 10 nitrogen and oxygen atoms in total. The Bertz CT molecular complexity index is 795. The highest BCUT2D eigenvalue weighted by molar-refractivity contribution is 7.89. The van der Waals surface area contributed by atoms with Gasteiger partial charge < -0.3 is 4.74 Å². The Morgan fingerprint density at radius 1 is 1.27 bits per heavy atom. The number of para-hydroxylation sites is 1. The van der Waals surface area contributed by atoms with Crippen molar-refractivity contribution < 1.29 is 18.1 Å². The molecule has 0 saturated carbocycles. The standard InChI is InChI=1S/C11H11N5O5S/c1-21-10-6-7-12-11(13-10)14-15-22(19,20)9-5-3-2-4-8(9)16(17)18/h2-7,15H,1H3,(H,12,13,14). The van der Waals surface area contributed by atoms with Crippen molar-refractivity contribution in [3.05, 3.63) is 46.6 Å². The summed E-state index contributed by atoms with van der Waals surface area (Å²) < 4.78 is 29.1. The van der Waals surface area contributed by atoms with Crippen LogP contribution in [0.1, 0.15) is 0 Å². The molecule has 116 valence electrons. The number of nitro groups is 1. The van der Waals surface area contributed by atoms with Crippen LogP contribution in [0.15, 0.2) is 41.4 Å². The first-order valence-corrected chi connectivity index (χ1v) is 7.30. The van der Waals surface area contributed by atoms with E-state index in [1.54, 1.807) is 0 Å². The van der Waals surface area contributed by atoms with Crippen LogP contribution in [0, 0.1) is 10.1 Å². The fraction of sp³-hybridized carbons (Fsp3) is 0.0909. The van der Waals surface area contributed by atoms with Gasteiger partial charge in [-0.15, -0.1) is 4.83 Å². The molecule has 0 aliphatic heterocycles. The lowest BCUT2D eigenvalue weighted by Crippen LogP contribution is -2.30. The number of anilines is 1. The molecule has 0 unspecified atom stereocenters. The van der Waals surface area contributed by atoms with Gasteiger partial charge in [0, 0.05) is 18.3 Å². The van der Waals surface area contributed by atoms with Crippen LogP contribution in [0.5, 0.6) is 5.88 Å². The van der Waals surface area contributed by atoms with Crippen molar-refractivity contribution in [2.45, 2.75) is 4.90 Å². The molecule has 0 aliphatic rings. The van der Waals surface area contributed by atoms with E-state index in [0.717, 1.165) is 12.1 Å². The lowest BCUT2D eigenvalue weighted by molar-refractivity contribution is -0.387. The van der Waals surface area contributed by atoms with Crippen LogP contribution >= 0.6 is 0 Å². The molecule has 0 aliphatic carbocycles. The zero-order valence-corrected chi connectivity index (χ0v) is 12.1. The number of nitro benzene ring substituents is 1. The molecule has 0 atom stereocenters. The highest BCUT2D eigenvalue weighted by Crippen LogP contribution is 2.22. The van der Waals surface area contributed by atoms with Gasteiger partial charge in [0.2, 0.25) is 11.8 Å². The molecule has 1 aromatic heterocycles. The Kier molecular flexibility index (Phi) is 4.48. The van der Waals surface area contributed by atoms with Gasteiger partial charge in [0.15, 0.2) is 4.90 Å². The van der Waals surface area contributed by atoms with Gasteiger partial charge >= 0.3 is 0 Å². The number of methoxy groups -OCH3 is 1. The van der Waals surface area contributed by atoms with Gasteiger partial charge in [-0.25, -0.2) is 13.4 Å². The summed E-state index contributed by atoms with van der Waals surface area (Å²) in [6.45, 7) is 0. The second kappa shape index (κ2) is 6.32. The van der Waals surface area contributed by atoms with Crippen LogP contribution in [-0.4, -0.2) is 30.4 Å². The molecule has 2 rings (SSSR count). The molecule has 0 fully saturated rings. The average Bonchev–Trinajstić information content (AvgIpc) is 2.53. The quantitative estimate of drug-likeness (QED) is 0.585. The number of hydrazine groups is 1. The SMILES string of the molecule is COc1ccnc(NNS(=O)(=O)c2ccccc2[N+](=O)[O-])n1. The number of benzene rings is 1. The van der Waals surface area contributed by atoms with Crippen LogP contribution in [0.25, 0.3) is 0 Å². The van der Waals surface area contributed by atoms with Crippen molar-refractivity contribution in [2.75, 3.05) is 12.5 Å². The van der Waals surface area contributed by atoms with Crippen molar-refractivity contribution in [1.82, 2.24) is 14.8 Å². The van der Waals surface area contributed by atoms with Crippen molar-refractivity contribution in [1.29, 1.82) is 0 Å². The van der Waals surface area contributed by atoms with E-state index in [9.17, 15) is 18.5 Å². The summed E-state index contributed by atoms with van der Waals surface area (Å²) in [5.41, 5.74) is 1.72. The van der Waals surface area contributed by atoms with Crippen molar-refractivity contribution in [2.24, 2.45) is 0 Å². The minimum atomic E-state index is -4.18. The Labute approximate surface area is 125 Å². The molecule has 0 radical (unpaired) electrons. The molecule has 0 spiro atoms. The topological polar surface area (TPSA) is 136 Å². The molecular formula is C11H11N5O5S. The first-order chi connectivity index (χ1) is 10.4. The monoisotopic (exact) mass is 325 g/mol. The van der Waals surface area contributed by atoms with Gasteiger partial charge in [0.25, 0.3) is 15.7 Å². The van der Waals surface area contributed by atoms with Crippen LogP contribution in [0.4, 0.5) is 11.6 Å². The normalized spacial score (nSPS) is 11.0. The lowest BCUT2D eigenvalue weighted by Gasteiger charge is -2.08. The summed E-state index contributed by atoms with van der Waals surface area (Å²) in [6, 6.07) is 6.44. The zero-order chi connectivity index (χ0) is 16.2. The molecule has 1 aromatic carbocycles.